The van der Waals surface area contributed by atoms with E-state index in [1.54, 1.807) is 7.11 Å². The van der Waals surface area contributed by atoms with Gasteiger partial charge in [-0.2, -0.15) is 0 Å². The molecule has 0 fully saturated rings. The van der Waals surface area contributed by atoms with Crippen molar-refractivity contribution in [3.8, 4) is 11.5 Å². The third kappa shape index (κ3) is 8.64. The Morgan fingerprint density at radius 1 is 1.10 bits per heavy atom. The van der Waals surface area contributed by atoms with Gasteiger partial charge in [0.2, 0.25) is 5.91 Å². The summed E-state index contributed by atoms with van der Waals surface area (Å²) in [5, 5.41) is 6.13. The second kappa shape index (κ2) is 13.7. The monoisotopic (exact) mass is 540 g/mol. The number of hydrogen-bond acceptors (Lipinski definition) is 4. The number of methoxy groups -OCH3 is 1. The third-order valence-electron chi connectivity index (χ3n) is 4.34. The van der Waals surface area contributed by atoms with Gasteiger partial charge in [-0.3, -0.25) is 4.79 Å². The van der Waals surface area contributed by atoms with Crippen LogP contribution in [0.1, 0.15) is 31.9 Å². The summed E-state index contributed by atoms with van der Waals surface area (Å²) in [6.07, 6.45) is 0. The first-order chi connectivity index (χ1) is 14.5. The standard InChI is InChI=1S/C23H32N4O3.HI/c1-6-24-23(27(4)16-18-8-11-20(12-9-18)30-7-2)25-15-19-10-13-22(29-5)21(14-19)26-17(3)28;/h8-14H,6-7,15-16H2,1-5H3,(H,24,25)(H,26,28);1H. The number of nitrogens with zero attached hydrogens (tertiary/aromatic N) is 2. The smallest absolute Gasteiger partial charge is 0.221 e. The fraction of sp³-hybridized carbons (Fsp3) is 0.391. The molecular weight excluding hydrogens is 507 g/mol. The number of guanidine groups is 1. The molecule has 0 atom stereocenters. The summed E-state index contributed by atoms with van der Waals surface area (Å²) < 4.78 is 10.8. The number of ether oxygens (including phenoxy) is 2. The Hall–Kier alpha value is -2.49. The minimum absolute atomic E-state index is 0. The molecule has 0 radical (unpaired) electrons. The first kappa shape index (κ1) is 26.5. The first-order valence-corrected chi connectivity index (χ1v) is 10.1. The van der Waals surface area contributed by atoms with E-state index in [9.17, 15) is 4.79 Å². The SMILES string of the molecule is CCNC(=NCc1ccc(OC)c(NC(C)=O)c1)N(C)Cc1ccc(OCC)cc1.I. The largest absolute Gasteiger partial charge is 0.495 e. The van der Waals surface area contributed by atoms with Crippen LogP contribution in [0.25, 0.3) is 0 Å². The van der Waals surface area contributed by atoms with E-state index >= 15 is 0 Å². The number of carbonyl (C=O) groups is 1. The maximum atomic E-state index is 11.4. The highest BCUT2D eigenvalue weighted by atomic mass is 127. The minimum atomic E-state index is -0.141. The summed E-state index contributed by atoms with van der Waals surface area (Å²) in [5.74, 6) is 2.16. The minimum Gasteiger partial charge on any atom is -0.495 e. The lowest BCUT2D eigenvalue weighted by atomic mass is 10.2. The van der Waals surface area contributed by atoms with Crippen LogP contribution in [0.3, 0.4) is 0 Å². The maximum absolute atomic E-state index is 11.4. The second-order valence-corrected chi connectivity index (χ2v) is 6.82. The summed E-state index contributed by atoms with van der Waals surface area (Å²) in [5.41, 5.74) is 2.79. The molecule has 7 nitrogen and oxygen atoms in total. The molecule has 0 unspecified atom stereocenters. The molecular formula is C23H33IN4O3. The molecule has 2 aromatic rings. The van der Waals surface area contributed by atoms with Gasteiger partial charge in [-0.1, -0.05) is 18.2 Å². The van der Waals surface area contributed by atoms with Crippen LogP contribution < -0.4 is 20.1 Å². The van der Waals surface area contributed by atoms with Crippen molar-refractivity contribution >= 4 is 41.5 Å². The van der Waals surface area contributed by atoms with Crippen LogP contribution in [-0.2, 0) is 17.9 Å². The number of aliphatic imine (C=N–C) groups is 1. The summed E-state index contributed by atoms with van der Waals surface area (Å²) in [6.45, 7) is 8.12. The maximum Gasteiger partial charge on any atom is 0.221 e. The molecule has 0 aliphatic carbocycles. The molecule has 31 heavy (non-hydrogen) atoms. The Balaban J connectivity index is 0.00000480. The van der Waals surface area contributed by atoms with Crippen LogP contribution in [0.5, 0.6) is 11.5 Å². The molecule has 2 rings (SSSR count). The molecule has 170 valence electrons. The van der Waals surface area contributed by atoms with E-state index in [1.807, 2.05) is 51.2 Å². The third-order valence-corrected chi connectivity index (χ3v) is 4.34. The molecule has 0 aromatic heterocycles. The zero-order valence-electron chi connectivity index (χ0n) is 18.9. The van der Waals surface area contributed by atoms with Crippen LogP contribution in [0.2, 0.25) is 0 Å². The molecule has 0 heterocycles. The van der Waals surface area contributed by atoms with Crippen molar-refractivity contribution in [3.63, 3.8) is 0 Å². The normalized spacial score (nSPS) is 10.7. The average molecular weight is 540 g/mol. The molecule has 8 heteroatoms. The summed E-state index contributed by atoms with van der Waals surface area (Å²) in [7, 11) is 3.59. The summed E-state index contributed by atoms with van der Waals surface area (Å²) in [4.78, 5) is 18.3. The van der Waals surface area contributed by atoms with E-state index in [-0.39, 0.29) is 29.9 Å². The van der Waals surface area contributed by atoms with Crippen LogP contribution in [0.15, 0.2) is 47.5 Å². The number of nitrogens with one attached hydrogen (secondary N) is 2. The molecule has 0 bridgehead atoms. The number of hydrogen-bond donors (Lipinski definition) is 2. The number of anilines is 1. The van der Waals surface area contributed by atoms with Crippen molar-refractivity contribution in [1.29, 1.82) is 0 Å². The molecule has 0 aliphatic heterocycles. The van der Waals surface area contributed by atoms with Gasteiger partial charge in [0.1, 0.15) is 11.5 Å². The highest BCUT2D eigenvalue weighted by Gasteiger charge is 2.09. The Bertz CT molecular complexity index is 856. The average Bonchev–Trinajstić information content (AvgIpc) is 2.72. The fourth-order valence-corrected chi connectivity index (χ4v) is 2.98. The van der Waals surface area contributed by atoms with Crippen LogP contribution >= 0.6 is 24.0 Å². The lowest BCUT2D eigenvalue weighted by Gasteiger charge is -2.22. The second-order valence-electron chi connectivity index (χ2n) is 6.82. The number of rotatable bonds is 9. The zero-order chi connectivity index (χ0) is 21.9. The van der Waals surface area contributed by atoms with Gasteiger partial charge >= 0.3 is 0 Å². The van der Waals surface area contributed by atoms with Gasteiger partial charge in [-0.15, -0.1) is 24.0 Å². The summed E-state index contributed by atoms with van der Waals surface area (Å²) >= 11 is 0. The van der Waals surface area contributed by atoms with E-state index in [1.165, 1.54) is 12.5 Å². The van der Waals surface area contributed by atoms with E-state index in [0.29, 0.717) is 24.6 Å². The van der Waals surface area contributed by atoms with Gasteiger partial charge in [0.15, 0.2) is 5.96 Å². The summed E-state index contributed by atoms with van der Waals surface area (Å²) in [6, 6.07) is 13.8. The quantitative estimate of drug-likeness (QED) is 0.283. The van der Waals surface area contributed by atoms with Crippen molar-refractivity contribution in [2.75, 3.05) is 32.6 Å². The van der Waals surface area contributed by atoms with Gasteiger partial charge in [0.05, 0.1) is 25.9 Å². The number of amides is 1. The van der Waals surface area contributed by atoms with Crippen molar-refractivity contribution in [3.05, 3.63) is 53.6 Å². The van der Waals surface area contributed by atoms with E-state index in [2.05, 4.69) is 27.7 Å². The first-order valence-electron chi connectivity index (χ1n) is 10.1. The Morgan fingerprint density at radius 2 is 1.77 bits per heavy atom. The predicted molar refractivity (Wildman–Crippen MR) is 137 cm³/mol. The predicted octanol–water partition coefficient (Wildman–Crippen LogP) is 4.27. The molecule has 2 aromatic carbocycles. The molecule has 0 spiro atoms. The highest BCUT2D eigenvalue weighted by Crippen LogP contribution is 2.25. The fourth-order valence-electron chi connectivity index (χ4n) is 2.98. The van der Waals surface area contributed by atoms with E-state index in [0.717, 1.165) is 30.4 Å². The van der Waals surface area contributed by atoms with E-state index in [4.69, 9.17) is 14.5 Å². The molecule has 1 amide bonds. The van der Waals surface area contributed by atoms with Gasteiger partial charge in [-0.25, -0.2) is 4.99 Å². The lowest BCUT2D eigenvalue weighted by molar-refractivity contribution is -0.114. The molecule has 0 saturated carbocycles. The van der Waals surface area contributed by atoms with Gasteiger partial charge in [0, 0.05) is 27.1 Å². The van der Waals surface area contributed by atoms with Crippen molar-refractivity contribution in [2.45, 2.75) is 33.9 Å². The topological polar surface area (TPSA) is 75.2 Å². The lowest BCUT2D eigenvalue weighted by Crippen LogP contribution is -2.38. The van der Waals surface area contributed by atoms with Crippen molar-refractivity contribution in [2.24, 2.45) is 4.99 Å². The number of benzene rings is 2. The van der Waals surface area contributed by atoms with Gasteiger partial charge in [-0.05, 0) is 49.2 Å². The van der Waals surface area contributed by atoms with Gasteiger partial charge < -0.3 is 25.0 Å². The molecule has 0 aliphatic rings. The van der Waals surface area contributed by atoms with Crippen LogP contribution in [0.4, 0.5) is 5.69 Å². The number of carbonyl (C=O) groups excluding carboxylic acids is 1. The van der Waals surface area contributed by atoms with Crippen LogP contribution in [-0.4, -0.2) is 44.1 Å². The van der Waals surface area contributed by atoms with Crippen molar-refractivity contribution in [1.82, 2.24) is 10.2 Å². The molecule has 0 saturated heterocycles. The van der Waals surface area contributed by atoms with E-state index < -0.39 is 0 Å². The highest BCUT2D eigenvalue weighted by molar-refractivity contribution is 14.0. The van der Waals surface area contributed by atoms with Gasteiger partial charge in [0.25, 0.3) is 0 Å². The van der Waals surface area contributed by atoms with Crippen LogP contribution in [0, 0.1) is 0 Å². The Labute approximate surface area is 202 Å². The Kier molecular flexibility index (Phi) is 11.8. The number of halogens is 1. The van der Waals surface area contributed by atoms with Crippen molar-refractivity contribution < 1.29 is 14.3 Å². The Morgan fingerprint density at radius 3 is 2.35 bits per heavy atom. The molecule has 2 N–H and O–H groups in total. The zero-order valence-corrected chi connectivity index (χ0v) is 21.2.